The predicted molar refractivity (Wildman–Crippen MR) is 46.2 cm³/mol. The zero-order valence-electron chi connectivity index (χ0n) is 7.21. The van der Waals surface area contributed by atoms with Gasteiger partial charge in [0, 0.05) is 0 Å². The Bertz CT molecular complexity index is 218. The molecule has 0 amide bonds. The first-order valence-electron chi connectivity index (χ1n) is 4.25. The summed E-state index contributed by atoms with van der Waals surface area (Å²) in [5.74, 6) is 1.83. The fourth-order valence-electron chi connectivity index (χ4n) is 1.84. The van der Waals surface area contributed by atoms with Crippen LogP contribution in [0.1, 0.15) is 26.7 Å². The molecule has 0 aromatic carbocycles. The average Bonchev–Trinajstić information content (AvgIpc) is 1.86. The first-order chi connectivity index (χ1) is 5.05. The summed E-state index contributed by atoms with van der Waals surface area (Å²) in [6.45, 7) is 4.18. The van der Waals surface area contributed by atoms with Gasteiger partial charge in [0.1, 0.15) is 0 Å². The summed E-state index contributed by atoms with van der Waals surface area (Å²) in [4.78, 5) is 0. The molecule has 0 bridgehead atoms. The Balaban J connectivity index is 2.62. The molecular weight excluding hydrogens is 160 g/mol. The fraction of sp³-hybridized carbons (Fsp3) is 1.00. The van der Waals surface area contributed by atoms with Crippen molar-refractivity contribution in [1.29, 1.82) is 0 Å². The summed E-state index contributed by atoms with van der Waals surface area (Å²) in [5.41, 5.74) is 0. The molecule has 2 nitrogen and oxygen atoms in total. The highest BCUT2D eigenvalue weighted by atomic mass is 32.2. The van der Waals surface area contributed by atoms with Crippen LogP contribution in [0.2, 0.25) is 0 Å². The maximum atomic E-state index is 11.1. The molecule has 0 saturated carbocycles. The van der Waals surface area contributed by atoms with Crippen LogP contribution in [-0.4, -0.2) is 19.9 Å². The minimum absolute atomic E-state index is 0.374. The Morgan fingerprint density at radius 2 is 2.09 bits per heavy atom. The van der Waals surface area contributed by atoms with Gasteiger partial charge in [-0.15, -0.1) is 0 Å². The molecule has 0 aromatic heterocycles. The lowest BCUT2D eigenvalue weighted by molar-refractivity contribution is 0.348. The van der Waals surface area contributed by atoms with E-state index >= 15 is 0 Å². The summed E-state index contributed by atoms with van der Waals surface area (Å²) >= 11 is 0. The molecule has 1 aliphatic rings. The quantitative estimate of drug-likeness (QED) is 0.606. The largest absolute Gasteiger partial charge is 0.229 e. The lowest BCUT2D eigenvalue weighted by Gasteiger charge is -2.27. The molecule has 1 rings (SSSR count). The van der Waals surface area contributed by atoms with Crippen molar-refractivity contribution in [3.63, 3.8) is 0 Å². The van der Waals surface area contributed by atoms with E-state index in [1.54, 1.807) is 0 Å². The van der Waals surface area contributed by atoms with Gasteiger partial charge in [-0.1, -0.05) is 20.3 Å². The van der Waals surface area contributed by atoms with Crippen LogP contribution in [0.25, 0.3) is 0 Å². The van der Waals surface area contributed by atoms with Crippen LogP contribution < -0.4 is 0 Å². The van der Waals surface area contributed by atoms with Crippen LogP contribution in [0.4, 0.5) is 0 Å². The van der Waals surface area contributed by atoms with Crippen LogP contribution in [0.5, 0.6) is 0 Å². The van der Waals surface area contributed by atoms with Crippen molar-refractivity contribution >= 4 is 9.84 Å². The van der Waals surface area contributed by atoms with Crippen molar-refractivity contribution in [3.05, 3.63) is 0 Å². The molecule has 3 heteroatoms. The van der Waals surface area contributed by atoms with Crippen LogP contribution in [-0.2, 0) is 9.84 Å². The average molecular weight is 176 g/mol. The van der Waals surface area contributed by atoms with Gasteiger partial charge < -0.3 is 0 Å². The fourth-order valence-corrected chi connectivity index (χ4v) is 3.74. The summed E-state index contributed by atoms with van der Waals surface area (Å²) in [6.07, 6.45) is 2.00. The molecule has 11 heavy (non-hydrogen) atoms. The highest BCUT2D eigenvalue weighted by Crippen LogP contribution is 2.26. The molecule has 0 radical (unpaired) electrons. The van der Waals surface area contributed by atoms with E-state index in [0.717, 1.165) is 12.8 Å². The molecule has 2 unspecified atom stereocenters. The second kappa shape index (κ2) is 3.13. The zero-order valence-corrected chi connectivity index (χ0v) is 8.02. The SMILES string of the molecule is CCC1CCS(=O)(=O)CC1C. The Labute approximate surface area is 68.9 Å². The number of sulfone groups is 1. The van der Waals surface area contributed by atoms with Gasteiger partial charge in [0.05, 0.1) is 11.5 Å². The Kier molecular flexibility index (Phi) is 2.58. The molecule has 2 atom stereocenters. The van der Waals surface area contributed by atoms with Crippen molar-refractivity contribution in [2.24, 2.45) is 11.8 Å². The highest BCUT2D eigenvalue weighted by Gasteiger charge is 2.28. The summed E-state index contributed by atoms with van der Waals surface area (Å²) in [7, 11) is -2.67. The molecule has 0 N–H and O–H groups in total. The van der Waals surface area contributed by atoms with Crippen LogP contribution in [0.15, 0.2) is 0 Å². The van der Waals surface area contributed by atoms with Crippen molar-refractivity contribution in [1.82, 2.24) is 0 Å². The summed E-state index contributed by atoms with van der Waals surface area (Å²) < 4.78 is 22.2. The smallest absolute Gasteiger partial charge is 0.150 e. The van der Waals surface area contributed by atoms with Gasteiger partial charge in [0.2, 0.25) is 0 Å². The van der Waals surface area contributed by atoms with Gasteiger partial charge in [-0.3, -0.25) is 0 Å². The Morgan fingerprint density at radius 1 is 1.45 bits per heavy atom. The van der Waals surface area contributed by atoms with E-state index in [2.05, 4.69) is 6.92 Å². The zero-order chi connectivity index (χ0) is 8.48. The molecule has 0 aliphatic carbocycles. The van der Waals surface area contributed by atoms with E-state index in [-0.39, 0.29) is 0 Å². The second-order valence-electron chi connectivity index (χ2n) is 3.55. The minimum atomic E-state index is -2.67. The Morgan fingerprint density at radius 3 is 2.55 bits per heavy atom. The first-order valence-corrected chi connectivity index (χ1v) is 6.07. The number of hydrogen-bond donors (Lipinski definition) is 0. The van der Waals surface area contributed by atoms with Crippen LogP contribution >= 0.6 is 0 Å². The molecule has 66 valence electrons. The van der Waals surface area contributed by atoms with Gasteiger partial charge >= 0.3 is 0 Å². The van der Waals surface area contributed by atoms with E-state index in [4.69, 9.17) is 0 Å². The molecule has 1 heterocycles. The first kappa shape index (κ1) is 9.04. The third-order valence-corrected chi connectivity index (χ3v) is 4.54. The Hall–Kier alpha value is -0.0500. The highest BCUT2D eigenvalue weighted by molar-refractivity contribution is 7.91. The van der Waals surface area contributed by atoms with Gasteiger partial charge in [-0.05, 0) is 18.3 Å². The molecular formula is C8H16O2S. The van der Waals surface area contributed by atoms with E-state index < -0.39 is 9.84 Å². The van der Waals surface area contributed by atoms with Crippen molar-refractivity contribution in [2.75, 3.05) is 11.5 Å². The van der Waals surface area contributed by atoms with Gasteiger partial charge in [-0.2, -0.15) is 0 Å². The normalized spacial score (nSPS) is 36.9. The third kappa shape index (κ3) is 2.19. The molecule has 1 aliphatic heterocycles. The lowest BCUT2D eigenvalue weighted by atomic mass is 9.90. The van der Waals surface area contributed by atoms with Gasteiger partial charge in [0.15, 0.2) is 9.84 Å². The number of hydrogen-bond acceptors (Lipinski definition) is 2. The second-order valence-corrected chi connectivity index (χ2v) is 5.78. The van der Waals surface area contributed by atoms with E-state index in [9.17, 15) is 8.42 Å². The summed E-state index contributed by atoms with van der Waals surface area (Å²) in [5, 5.41) is 0. The molecule has 1 fully saturated rings. The van der Waals surface area contributed by atoms with Crippen molar-refractivity contribution in [3.8, 4) is 0 Å². The number of rotatable bonds is 1. The standard InChI is InChI=1S/C8H16O2S/c1-3-8-4-5-11(9,10)6-7(8)2/h7-8H,3-6H2,1-2H3. The van der Waals surface area contributed by atoms with Crippen LogP contribution in [0.3, 0.4) is 0 Å². The van der Waals surface area contributed by atoms with Crippen molar-refractivity contribution < 1.29 is 8.42 Å². The van der Waals surface area contributed by atoms with Crippen molar-refractivity contribution in [2.45, 2.75) is 26.7 Å². The minimum Gasteiger partial charge on any atom is -0.229 e. The maximum Gasteiger partial charge on any atom is 0.150 e. The molecule has 0 spiro atoms. The monoisotopic (exact) mass is 176 g/mol. The topological polar surface area (TPSA) is 34.1 Å². The maximum absolute atomic E-state index is 11.1. The van der Waals surface area contributed by atoms with E-state index in [1.165, 1.54) is 0 Å². The predicted octanol–water partition coefficient (Wildman–Crippen LogP) is 1.47. The third-order valence-electron chi connectivity index (χ3n) is 2.65. The van der Waals surface area contributed by atoms with Gasteiger partial charge in [-0.25, -0.2) is 8.42 Å². The van der Waals surface area contributed by atoms with E-state index in [0.29, 0.717) is 23.3 Å². The van der Waals surface area contributed by atoms with Crippen LogP contribution in [0, 0.1) is 11.8 Å². The van der Waals surface area contributed by atoms with E-state index in [1.807, 2.05) is 6.92 Å². The lowest BCUT2D eigenvalue weighted by Crippen LogP contribution is -2.30. The molecule has 0 aromatic rings. The summed E-state index contributed by atoms with van der Waals surface area (Å²) in [6, 6.07) is 0. The molecule has 1 saturated heterocycles. The van der Waals surface area contributed by atoms with Gasteiger partial charge in [0.25, 0.3) is 0 Å².